The lowest BCUT2D eigenvalue weighted by atomic mass is 10.2. The monoisotopic (exact) mass is 423 g/mol. The minimum absolute atomic E-state index is 0.143. The fourth-order valence-electron chi connectivity index (χ4n) is 3.12. The number of hydrogen-bond donors (Lipinski definition) is 1. The van der Waals surface area contributed by atoms with E-state index in [-0.39, 0.29) is 18.3 Å². The molecule has 1 amide bonds. The number of allylic oxidation sites excluding steroid dienone is 1. The number of carbonyl (C=O) groups is 1. The Morgan fingerprint density at radius 1 is 1.30 bits per heavy atom. The summed E-state index contributed by atoms with van der Waals surface area (Å²) in [5.74, 6) is 1.24. The molecule has 4 rings (SSSR count). The second-order valence-electron chi connectivity index (χ2n) is 6.78. The highest BCUT2D eigenvalue weighted by Crippen LogP contribution is 2.32. The normalized spacial score (nSPS) is 13.2. The minimum Gasteiger partial charge on any atom is -0.454 e. The van der Waals surface area contributed by atoms with Gasteiger partial charge in [0.05, 0.1) is 16.2 Å². The summed E-state index contributed by atoms with van der Waals surface area (Å²) in [6, 6.07) is 12.8. The molecule has 0 saturated heterocycles. The van der Waals surface area contributed by atoms with Gasteiger partial charge in [-0.2, -0.15) is 0 Å². The van der Waals surface area contributed by atoms with Gasteiger partial charge in [0.15, 0.2) is 16.7 Å². The smallest absolute Gasteiger partial charge is 0.262 e. The molecule has 1 aliphatic rings. The molecule has 2 aromatic carbocycles. The molecule has 0 aliphatic carbocycles. The van der Waals surface area contributed by atoms with Crippen molar-refractivity contribution < 1.29 is 14.3 Å². The van der Waals surface area contributed by atoms with Gasteiger partial charge in [-0.15, -0.1) is 6.58 Å². The molecule has 3 aromatic rings. The molecule has 0 unspecified atom stereocenters. The average molecular weight is 423 g/mol. The molecule has 1 N–H and O–H groups in total. The highest BCUT2D eigenvalue weighted by molar-refractivity contribution is 8.00. The topological polar surface area (TPSA) is 82.5 Å². The van der Waals surface area contributed by atoms with Crippen LogP contribution in [-0.4, -0.2) is 27.5 Å². The Hall–Kier alpha value is -3.26. The number of fused-ring (bicyclic) bond motifs is 2. The average Bonchev–Trinajstić information content (AvgIpc) is 3.22. The number of hydrogen-bond acceptors (Lipinski definition) is 6. The summed E-state index contributed by atoms with van der Waals surface area (Å²) in [7, 11) is 0. The Bertz CT molecular complexity index is 1170. The first-order valence-corrected chi connectivity index (χ1v) is 10.4. The fourth-order valence-corrected chi connectivity index (χ4v) is 4.07. The standard InChI is InChI=1S/C22H21N3O4S/c1-3-10-25-21(27)16-6-4-5-7-17(16)24-22(25)30-14(2)20(26)23-12-15-8-9-18-19(11-15)29-13-28-18/h3-9,11,14H,1,10,12-13H2,2H3,(H,23,26)/t14-/m1/s1. The third kappa shape index (κ3) is 4.04. The number of carbonyl (C=O) groups excluding carboxylic acids is 1. The van der Waals surface area contributed by atoms with Gasteiger partial charge >= 0.3 is 0 Å². The van der Waals surface area contributed by atoms with Crippen molar-refractivity contribution in [2.45, 2.75) is 30.4 Å². The van der Waals surface area contributed by atoms with Gasteiger partial charge < -0.3 is 14.8 Å². The van der Waals surface area contributed by atoms with Crippen LogP contribution in [0.1, 0.15) is 12.5 Å². The van der Waals surface area contributed by atoms with Crippen LogP contribution < -0.4 is 20.3 Å². The first-order valence-electron chi connectivity index (χ1n) is 9.50. The van der Waals surface area contributed by atoms with E-state index in [2.05, 4.69) is 16.9 Å². The number of amides is 1. The third-order valence-corrected chi connectivity index (χ3v) is 5.78. The van der Waals surface area contributed by atoms with Gasteiger partial charge in [0.25, 0.3) is 5.56 Å². The number of rotatable bonds is 7. The summed E-state index contributed by atoms with van der Waals surface area (Å²) in [4.78, 5) is 30.1. The molecule has 0 bridgehead atoms. The fraction of sp³-hybridized carbons (Fsp3) is 0.227. The molecule has 0 spiro atoms. The first kappa shape index (κ1) is 20.0. The lowest BCUT2D eigenvalue weighted by molar-refractivity contribution is -0.120. The summed E-state index contributed by atoms with van der Waals surface area (Å²) in [6.45, 7) is 6.42. The van der Waals surface area contributed by atoms with Gasteiger partial charge in [-0.1, -0.05) is 36.0 Å². The number of nitrogens with one attached hydrogen (secondary N) is 1. The molecule has 1 aromatic heterocycles. The molecule has 8 heteroatoms. The zero-order chi connectivity index (χ0) is 21.1. The van der Waals surface area contributed by atoms with Gasteiger partial charge in [0.1, 0.15) is 0 Å². The van der Waals surface area contributed by atoms with E-state index < -0.39 is 5.25 Å². The van der Waals surface area contributed by atoms with Gasteiger partial charge in [0.2, 0.25) is 12.7 Å². The maximum absolute atomic E-state index is 12.8. The molecule has 1 atom stereocenters. The predicted molar refractivity (Wildman–Crippen MR) is 116 cm³/mol. The summed E-state index contributed by atoms with van der Waals surface area (Å²) in [5.41, 5.74) is 1.38. The van der Waals surface area contributed by atoms with E-state index in [1.165, 1.54) is 11.8 Å². The van der Waals surface area contributed by atoms with E-state index in [1.807, 2.05) is 30.3 Å². The Kier molecular flexibility index (Phi) is 5.76. The molecule has 0 fully saturated rings. The maximum atomic E-state index is 12.8. The second kappa shape index (κ2) is 8.62. The largest absolute Gasteiger partial charge is 0.454 e. The van der Waals surface area contributed by atoms with Crippen LogP contribution in [0.3, 0.4) is 0 Å². The zero-order valence-corrected chi connectivity index (χ0v) is 17.3. The van der Waals surface area contributed by atoms with Crippen LogP contribution in [0.25, 0.3) is 10.9 Å². The molecular weight excluding hydrogens is 402 g/mol. The van der Waals surface area contributed by atoms with Gasteiger partial charge in [-0.25, -0.2) is 4.98 Å². The molecule has 30 heavy (non-hydrogen) atoms. The van der Waals surface area contributed by atoms with Crippen molar-refractivity contribution >= 4 is 28.6 Å². The van der Waals surface area contributed by atoms with Crippen molar-refractivity contribution in [1.29, 1.82) is 0 Å². The van der Waals surface area contributed by atoms with Crippen LogP contribution in [0.15, 0.2) is 65.1 Å². The molecule has 154 valence electrons. The van der Waals surface area contributed by atoms with Crippen molar-refractivity contribution in [3.8, 4) is 11.5 Å². The molecule has 1 aliphatic heterocycles. The van der Waals surface area contributed by atoms with Crippen LogP contribution in [0.5, 0.6) is 11.5 Å². The van der Waals surface area contributed by atoms with Crippen LogP contribution in [0.4, 0.5) is 0 Å². The van der Waals surface area contributed by atoms with E-state index in [0.717, 1.165) is 5.56 Å². The molecule has 7 nitrogen and oxygen atoms in total. The van der Waals surface area contributed by atoms with E-state index in [1.54, 1.807) is 29.7 Å². The Labute approximate surface area is 177 Å². The zero-order valence-electron chi connectivity index (χ0n) is 16.5. The number of para-hydroxylation sites is 1. The van der Waals surface area contributed by atoms with Crippen LogP contribution >= 0.6 is 11.8 Å². The van der Waals surface area contributed by atoms with Gasteiger partial charge in [-0.3, -0.25) is 14.2 Å². The quantitative estimate of drug-likeness (QED) is 0.357. The van der Waals surface area contributed by atoms with E-state index in [0.29, 0.717) is 40.6 Å². The van der Waals surface area contributed by atoms with Crippen LogP contribution in [0, 0.1) is 0 Å². The predicted octanol–water partition coefficient (Wildman–Crippen LogP) is 3.11. The number of benzene rings is 2. The summed E-state index contributed by atoms with van der Waals surface area (Å²) < 4.78 is 12.2. The van der Waals surface area contributed by atoms with Gasteiger partial charge in [0, 0.05) is 13.1 Å². The van der Waals surface area contributed by atoms with Crippen molar-refractivity contribution in [2.75, 3.05) is 6.79 Å². The Morgan fingerprint density at radius 2 is 2.10 bits per heavy atom. The SMILES string of the molecule is C=CCn1c(S[C@H](C)C(=O)NCc2ccc3c(c2)OCO3)nc2ccccc2c1=O. The van der Waals surface area contributed by atoms with E-state index >= 15 is 0 Å². The lowest BCUT2D eigenvalue weighted by Gasteiger charge is -2.15. The number of aromatic nitrogens is 2. The molecule has 0 radical (unpaired) electrons. The highest BCUT2D eigenvalue weighted by atomic mass is 32.2. The molecule has 0 saturated carbocycles. The summed E-state index contributed by atoms with van der Waals surface area (Å²) in [6.07, 6.45) is 1.65. The van der Waals surface area contributed by atoms with Crippen LogP contribution in [-0.2, 0) is 17.9 Å². The van der Waals surface area contributed by atoms with E-state index in [9.17, 15) is 9.59 Å². The van der Waals surface area contributed by atoms with Gasteiger partial charge in [-0.05, 0) is 36.8 Å². The number of thioether (sulfide) groups is 1. The first-order chi connectivity index (χ1) is 14.6. The van der Waals surface area contributed by atoms with Crippen molar-refractivity contribution in [2.24, 2.45) is 0 Å². The third-order valence-electron chi connectivity index (χ3n) is 4.69. The van der Waals surface area contributed by atoms with Crippen LogP contribution in [0.2, 0.25) is 0 Å². The van der Waals surface area contributed by atoms with Crippen molar-refractivity contribution in [1.82, 2.24) is 14.9 Å². The summed E-state index contributed by atoms with van der Waals surface area (Å²) in [5, 5.41) is 3.52. The minimum atomic E-state index is -0.442. The molecule has 2 heterocycles. The number of nitrogens with zero attached hydrogens (tertiary/aromatic N) is 2. The van der Waals surface area contributed by atoms with Crippen molar-refractivity contribution in [3.05, 3.63) is 71.0 Å². The summed E-state index contributed by atoms with van der Waals surface area (Å²) >= 11 is 1.25. The molecular formula is C22H21N3O4S. The Morgan fingerprint density at radius 3 is 2.93 bits per heavy atom. The Balaban J connectivity index is 1.48. The maximum Gasteiger partial charge on any atom is 0.262 e. The highest BCUT2D eigenvalue weighted by Gasteiger charge is 2.19. The van der Waals surface area contributed by atoms with E-state index in [4.69, 9.17) is 9.47 Å². The van der Waals surface area contributed by atoms with Crippen molar-refractivity contribution in [3.63, 3.8) is 0 Å². The lowest BCUT2D eigenvalue weighted by Crippen LogP contribution is -2.31. The number of ether oxygens (including phenoxy) is 2. The second-order valence-corrected chi connectivity index (χ2v) is 8.09.